The van der Waals surface area contributed by atoms with Crippen LogP contribution < -0.4 is 4.90 Å². The number of rotatable bonds is 4. The molecule has 2 aliphatic rings. The lowest BCUT2D eigenvalue weighted by Gasteiger charge is -2.36. The Morgan fingerprint density at radius 1 is 0.964 bits per heavy atom. The van der Waals surface area contributed by atoms with E-state index in [9.17, 15) is 19.5 Å². The summed E-state index contributed by atoms with van der Waals surface area (Å²) >= 11 is 0. The van der Waals surface area contributed by atoms with Crippen LogP contribution in [0.4, 0.5) is 5.69 Å². The van der Waals surface area contributed by atoms with E-state index >= 15 is 0 Å². The molecule has 0 fully saturated rings. The van der Waals surface area contributed by atoms with Crippen LogP contribution in [0.3, 0.4) is 0 Å². The topological polar surface area (TPSA) is 77.9 Å². The summed E-state index contributed by atoms with van der Waals surface area (Å²) in [7, 11) is 0. The number of aryl methyl sites for hydroxylation is 1. The van der Waals surface area contributed by atoms with Gasteiger partial charge in [0, 0.05) is 31.6 Å². The number of hydrogen-bond acceptors (Lipinski definition) is 3. The number of carbonyl (C=O) groups is 3. The zero-order chi connectivity index (χ0) is 19.7. The monoisotopic (exact) mass is 378 g/mol. The molecule has 28 heavy (non-hydrogen) atoms. The van der Waals surface area contributed by atoms with E-state index in [1.54, 1.807) is 17.0 Å². The van der Waals surface area contributed by atoms with Crippen molar-refractivity contribution in [1.82, 2.24) is 4.90 Å². The minimum Gasteiger partial charge on any atom is -0.479 e. The van der Waals surface area contributed by atoms with Gasteiger partial charge >= 0.3 is 5.97 Å². The van der Waals surface area contributed by atoms with Crippen LogP contribution in [0, 0.1) is 0 Å². The number of aliphatic carboxylic acids is 1. The molecule has 0 radical (unpaired) electrons. The Morgan fingerprint density at radius 2 is 1.68 bits per heavy atom. The number of anilines is 1. The average Bonchev–Trinajstić information content (AvgIpc) is 2.71. The van der Waals surface area contributed by atoms with Gasteiger partial charge in [-0.25, -0.2) is 4.79 Å². The molecule has 0 bridgehead atoms. The number of carbonyl (C=O) groups excluding carboxylic acids is 2. The van der Waals surface area contributed by atoms with E-state index < -0.39 is 12.0 Å². The van der Waals surface area contributed by atoms with Gasteiger partial charge in [0.1, 0.15) is 0 Å². The van der Waals surface area contributed by atoms with Crippen molar-refractivity contribution in [3.05, 3.63) is 65.2 Å². The van der Waals surface area contributed by atoms with Crippen LogP contribution in [-0.4, -0.2) is 40.9 Å². The number of para-hydroxylation sites is 1. The van der Waals surface area contributed by atoms with Crippen LogP contribution >= 0.6 is 0 Å². The highest BCUT2D eigenvalue weighted by atomic mass is 16.4. The molecule has 1 unspecified atom stereocenters. The third-order valence-corrected chi connectivity index (χ3v) is 5.58. The van der Waals surface area contributed by atoms with Gasteiger partial charge in [-0.15, -0.1) is 0 Å². The molecule has 144 valence electrons. The van der Waals surface area contributed by atoms with Gasteiger partial charge in [0.25, 0.3) is 0 Å². The molecule has 1 N–H and O–H groups in total. The van der Waals surface area contributed by atoms with Gasteiger partial charge in [0.2, 0.25) is 11.8 Å². The quantitative estimate of drug-likeness (QED) is 0.887. The molecule has 0 spiro atoms. The Bertz CT molecular complexity index is 940. The molecular formula is C22H22N2O4. The molecule has 2 heterocycles. The first-order valence-electron chi connectivity index (χ1n) is 9.54. The number of carboxylic acid groups (broad SMARTS) is 1. The van der Waals surface area contributed by atoms with Crippen molar-refractivity contribution in [1.29, 1.82) is 0 Å². The van der Waals surface area contributed by atoms with Crippen LogP contribution in [0.5, 0.6) is 0 Å². The van der Waals surface area contributed by atoms with Gasteiger partial charge in [-0.3, -0.25) is 9.59 Å². The van der Waals surface area contributed by atoms with Gasteiger partial charge in [-0.1, -0.05) is 42.5 Å². The number of benzene rings is 2. The number of fused-ring (bicyclic) bond motifs is 2. The highest BCUT2D eigenvalue weighted by Crippen LogP contribution is 2.31. The Kier molecular flexibility index (Phi) is 4.86. The maximum Gasteiger partial charge on any atom is 0.331 e. The normalized spacial score (nSPS) is 18.4. The van der Waals surface area contributed by atoms with Gasteiger partial charge in [0.05, 0.1) is 0 Å². The summed E-state index contributed by atoms with van der Waals surface area (Å²) in [6.07, 6.45) is 1.88. The van der Waals surface area contributed by atoms with E-state index in [2.05, 4.69) is 0 Å². The molecule has 2 aliphatic heterocycles. The summed E-state index contributed by atoms with van der Waals surface area (Å²) in [5.41, 5.74) is 3.60. The lowest BCUT2D eigenvalue weighted by molar-refractivity contribution is -0.151. The summed E-state index contributed by atoms with van der Waals surface area (Å²) in [6.45, 7) is 0.635. The second-order valence-electron chi connectivity index (χ2n) is 7.20. The molecule has 0 aromatic heterocycles. The second-order valence-corrected chi connectivity index (χ2v) is 7.20. The van der Waals surface area contributed by atoms with Crippen molar-refractivity contribution in [2.45, 2.75) is 31.7 Å². The summed E-state index contributed by atoms with van der Waals surface area (Å²) in [5.74, 6) is -1.26. The number of hydrogen-bond donors (Lipinski definition) is 1. The average molecular weight is 378 g/mol. The van der Waals surface area contributed by atoms with Gasteiger partial charge < -0.3 is 14.9 Å². The molecule has 0 aliphatic carbocycles. The molecule has 2 amide bonds. The first-order chi connectivity index (χ1) is 13.6. The smallest absolute Gasteiger partial charge is 0.331 e. The van der Waals surface area contributed by atoms with Crippen molar-refractivity contribution >= 4 is 23.5 Å². The predicted molar refractivity (Wildman–Crippen MR) is 104 cm³/mol. The molecule has 0 saturated carbocycles. The Hall–Kier alpha value is -3.15. The fraction of sp³-hybridized carbons (Fsp3) is 0.318. The Labute approximate surface area is 163 Å². The van der Waals surface area contributed by atoms with Crippen molar-refractivity contribution < 1.29 is 19.5 Å². The second kappa shape index (κ2) is 7.46. The van der Waals surface area contributed by atoms with Crippen LogP contribution in [0.2, 0.25) is 0 Å². The van der Waals surface area contributed by atoms with Crippen molar-refractivity contribution in [3.8, 4) is 0 Å². The molecule has 2 aromatic carbocycles. The number of amides is 2. The van der Waals surface area contributed by atoms with E-state index in [4.69, 9.17) is 0 Å². The first kappa shape index (κ1) is 18.2. The van der Waals surface area contributed by atoms with Crippen molar-refractivity contribution in [2.24, 2.45) is 0 Å². The van der Waals surface area contributed by atoms with Gasteiger partial charge in [-0.05, 0) is 35.6 Å². The fourth-order valence-corrected chi connectivity index (χ4v) is 4.19. The van der Waals surface area contributed by atoms with E-state index in [-0.39, 0.29) is 24.8 Å². The Morgan fingerprint density at radius 3 is 2.46 bits per heavy atom. The number of carboxylic acids is 1. The third-order valence-electron chi connectivity index (χ3n) is 5.58. The molecule has 1 atom stereocenters. The van der Waals surface area contributed by atoms with Crippen LogP contribution in [-0.2, 0) is 27.2 Å². The molecule has 4 rings (SSSR count). The minimum atomic E-state index is -1.03. The van der Waals surface area contributed by atoms with Crippen LogP contribution in [0.25, 0.3) is 0 Å². The zero-order valence-corrected chi connectivity index (χ0v) is 15.5. The fourth-order valence-electron chi connectivity index (χ4n) is 4.19. The van der Waals surface area contributed by atoms with Crippen LogP contribution in [0.15, 0.2) is 48.5 Å². The lowest BCUT2D eigenvalue weighted by Crippen LogP contribution is -2.45. The standard InChI is InChI=1S/C22H22N2O4/c25-19-10-9-16-6-2-4-8-18(16)23(19)14-12-20(26)24-13-11-15-5-1-3-7-17(15)21(24)22(27)28/h1-8,21H,9-14H2,(H,27,28). The highest BCUT2D eigenvalue weighted by molar-refractivity contribution is 5.97. The van der Waals surface area contributed by atoms with Crippen LogP contribution in [0.1, 0.15) is 35.6 Å². The van der Waals surface area contributed by atoms with E-state index in [1.165, 1.54) is 4.90 Å². The minimum absolute atomic E-state index is 0.00488. The summed E-state index contributed by atoms with van der Waals surface area (Å²) in [5, 5.41) is 9.74. The van der Waals surface area contributed by atoms with E-state index in [0.717, 1.165) is 16.8 Å². The summed E-state index contributed by atoms with van der Waals surface area (Å²) in [4.78, 5) is 40.3. The van der Waals surface area contributed by atoms with Crippen molar-refractivity contribution in [2.75, 3.05) is 18.0 Å². The lowest BCUT2D eigenvalue weighted by atomic mass is 9.92. The maximum absolute atomic E-state index is 12.9. The van der Waals surface area contributed by atoms with E-state index in [0.29, 0.717) is 31.4 Å². The molecule has 0 saturated heterocycles. The Balaban J connectivity index is 1.51. The highest BCUT2D eigenvalue weighted by Gasteiger charge is 2.36. The van der Waals surface area contributed by atoms with E-state index in [1.807, 2.05) is 36.4 Å². The first-order valence-corrected chi connectivity index (χ1v) is 9.54. The number of nitrogens with zero attached hydrogens (tertiary/aromatic N) is 2. The third kappa shape index (κ3) is 3.26. The zero-order valence-electron chi connectivity index (χ0n) is 15.5. The summed E-state index contributed by atoms with van der Waals surface area (Å²) < 4.78 is 0. The van der Waals surface area contributed by atoms with Gasteiger partial charge in [0.15, 0.2) is 6.04 Å². The van der Waals surface area contributed by atoms with Gasteiger partial charge in [-0.2, -0.15) is 0 Å². The summed E-state index contributed by atoms with van der Waals surface area (Å²) in [6, 6.07) is 14.1. The molecule has 6 nitrogen and oxygen atoms in total. The maximum atomic E-state index is 12.9. The molecule has 2 aromatic rings. The molecule has 6 heteroatoms. The van der Waals surface area contributed by atoms with Crippen molar-refractivity contribution in [3.63, 3.8) is 0 Å². The predicted octanol–water partition coefficient (Wildman–Crippen LogP) is 2.57. The SMILES string of the molecule is O=C(O)C1c2ccccc2CCN1C(=O)CCN1C(=O)CCc2ccccc21. The molecular weight excluding hydrogens is 356 g/mol. The largest absolute Gasteiger partial charge is 0.479 e.